The molecular weight excluding hydrogens is 166 g/mol. The number of alkyl halides is 1. The van der Waals surface area contributed by atoms with Gasteiger partial charge in [0.1, 0.15) is 4.75 Å². The third-order valence-corrected chi connectivity index (χ3v) is 3.54. The summed E-state index contributed by atoms with van der Waals surface area (Å²) in [6.07, 6.45) is 3.05. The van der Waals surface area contributed by atoms with Crippen LogP contribution in [0.5, 0.6) is 0 Å². The molecule has 1 heterocycles. The average Bonchev–Trinajstić information content (AvgIpc) is 2.39. The zero-order chi connectivity index (χ0) is 7.45. The van der Waals surface area contributed by atoms with Gasteiger partial charge in [0, 0.05) is 5.88 Å². The van der Waals surface area contributed by atoms with Crippen LogP contribution in [-0.4, -0.2) is 16.4 Å². The molecule has 0 N–H and O–H groups in total. The van der Waals surface area contributed by atoms with E-state index in [0.29, 0.717) is 5.88 Å². The summed E-state index contributed by atoms with van der Waals surface area (Å²) in [5.74, 6) is 1.74. The van der Waals surface area contributed by atoms with Crippen LogP contribution in [0, 0.1) is 11.3 Å². The summed E-state index contributed by atoms with van der Waals surface area (Å²) in [6.45, 7) is 0. The van der Waals surface area contributed by atoms with E-state index in [2.05, 4.69) is 6.07 Å². The van der Waals surface area contributed by atoms with Crippen molar-refractivity contribution in [3.63, 3.8) is 0 Å². The zero-order valence-corrected chi connectivity index (χ0v) is 7.34. The first-order valence-electron chi connectivity index (χ1n) is 3.44. The first-order chi connectivity index (χ1) is 4.83. The van der Waals surface area contributed by atoms with Crippen LogP contribution in [-0.2, 0) is 0 Å². The van der Waals surface area contributed by atoms with Crippen LogP contribution < -0.4 is 0 Å². The molecule has 1 unspecified atom stereocenters. The van der Waals surface area contributed by atoms with Gasteiger partial charge in [-0.25, -0.2) is 0 Å². The number of nitriles is 1. The molecule has 3 heteroatoms. The van der Waals surface area contributed by atoms with Crippen molar-refractivity contribution < 1.29 is 0 Å². The van der Waals surface area contributed by atoms with Crippen molar-refractivity contribution in [1.29, 1.82) is 5.26 Å². The Morgan fingerprint density at radius 3 is 2.90 bits per heavy atom. The minimum atomic E-state index is -0.123. The quantitative estimate of drug-likeness (QED) is 0.602. The molecule has 10 heavy (non-hydrogen) atoms. The summed E-state index contributed by atoms with van der Waals surface area (Å²) >= 11 is 7.35. The summed E-state index contributed by atoms with van der Waals surface area (Å²) < 4.78 is -0.123. The van der Waals surface area contributed by atoms with Crippen molar-refractivity contribution in [3.8, 4) is 6.07 Å². The molecule has 56 valence electrons. The van der Waals surface area contributed by atoms with E-state index in [1.807, 2.05) is 0 Å². The molecule has 0 aromatic rings. The Bertz CT molecular complexity index is 146. The minimum Gasteiger partial charge on any atom is -0.197 e. The first kappa shape index (κ1) is 8.23. The molecule has 0 radical (unpaired) electrons. The Morgan fingerprint density at radius 1 is 1.70 bits per heavy atom. The molecule has 0 aliphatic carbocycles. The largest absolute Gasteiger partial charge is 0.197 e. The highest BCUT2D eigenvalue weighted by Crippen LogP contribution is 2.40. The highest BCUT2D eigenvalue weighted by molar-refractivity contribution is 8.01. The lowest BCUT2D eigenvalue weighted by atomic mass is 10.0. The van der Waals surface area contributed by atoms with Gasteiger partial charge in [-0.2, -0.15) is 5.26 Å². The molecule has 0 bridgehead atoms. The van der Waals surface area contributed by atoms with Gasteiger partial charge in [0.05, 0.1) is 6.07 Å². The lowest BCUT2D eigenvalue weighted by molar-refractivity contribution is 0.658. The maximum absolute atomic E-state index is 8.82. The van der Waals surface area contributed by atoms with Gasteiger partial charge in [0.2, 0.25) is 0 Å². The highest BCUT2D eigenvalue weighted by atomic mass is 35.5. The van der Waals surface area contributed by atoms with Gasteiger partial charge in [0.15, 0.2) is 0 Å². The van der Waals surface area contributed by atoms with Crippen LogP contribution in [0.15, 0.2) is 0 Å². The zero-order valence-electron chi connectivity index (χ0n) is 5.77. The molecule has 0 spiro atoms. The fourth-order valence-corrected chi connectivity index (χ4v) is 2.91. The van der Waals surface area contributed by atoms with Crippen molar-refractivity contribution in [1.82, 2.24) is 0 Å². The maximum Gasteiger partial charge on any atom is 0.103 e. The molecule has 1 saturated heterocycles. The number of hydrogen-bond acceptors (Lipinski definition) is 2. The topological polar surface area (TPSA) is 23.8 Å². The normalized spacial score (nSPS) is 32.0. The van der Waals surface area contributed by atoms with Gasteiger partial charge in [-0.1, -0.05) is 0 Å². The number of halogens is 1. The van der Waals surface area contributed by atoms with E-state index in [1.54, 1.807) is 11.8 Å². The van der Waals surface area contributed by atoms with Crippen molar-refractivity contribution in [2.75, 3.05) is 11.6 Å². The van der Waals surface area contributed by atoms with Crippen LogP contribution in [0.4, 0.5) is 0 Å². The van der Waals surface area contributed by atoms with E-state index < -0.39 is 0 Å². The molecule has 1 aliphatic heterocycles. The summed E-state index contributed by atoms with van der Waals surface area (Å²) in [5.41, 5.74) is 0. The van der Waals surface area contributed by atoms with Crippen LogP contribution in [0.2, 0.25) is 0 Å². The molecule has 1 aliphatic rings. The molecule has 0 aromatic heterocycles. The number of rotatable bonds is 2. The van der Waals surface area contributed by atoms with Crippen molar-refractivity contribution in [2.45, 2.75) is 24.0 Å². The smallest absolute Gasteiger partial charge is 0.103 e. The van der Waals surface area contributed by atoms with E-state index >= 15 is 0 Å². The van der Waals surface area contributed by atoms with Crippen LogP contribution in [0.25, 0.3) is 0 Å². The van der Waals surface area contributed by atoms with Gasteiger partial charge in [0.25, 0.3) is 0 Å². The second-order valence-electron chi connectivity index (χ2n) is 2.50. The van der Waals surface area contributed by atoms with E-state index in [4.69, 9.17) is 16.9 Å². The third-order valence-electron chi connectivity index (χ3n) is 1.81. The monoisotopic (exact) mass is 175 g/mol. The highest BCUT2D eigenvalue weighted by Gasteiger charge is 2.33. The number of thioether (sulfide) groups is 1. The predicted molar refractivity (Wildman–Crippen MR) is 45.4 cm³/mol. The molecule has 0 aromatic carbocycles. The van der Waals surface area contributed by atoms with Crippen molar-refractivity contribution >= 4 is 23.4 Å². The lowest BCUT2D eigenvalue weighted by Crippen LogP contribution is -2.18. The maximum atomic E-state index is 8.82. The summed E-state index contributed by atoms with van der Waals surface area (Å²) in [4.78, 5) is 0. The van der Waals surface area contributed by atoms with Gasteiger partial charge in [-0.15, -0.1) is 23.4 Å². The molecule has 0 amide bonds. The molecule has 1 nitrogen and oxygen atoms in total. The summed E-state index contributed by atoms with van der Waals surface area (Å²) in [5, 5.41) is 8.82. The van der Waals surface area contributed by atoms with E-state index in [-0.39, 0.29) is 4.75 Å². The molecule has 0 saturated carbocycles. The van der Waals surface area contributed by atoms with Crippen molar-refractivity contribution in [2.24, 2.45) is 0 Å². The number of nitrogens with zero attached hydrogens (tertiary/aromatic N) is 1. The molecule has 1 atom stereocenters. The first-order valence-corrected chi connectivity index (χ1v) is 4.96. The Balaban J connectivity index is 2.51. The Hall–Kier alpha value is 0.130. The second kappa shape index (κ2) is 3.50. The van der Waals surface area contributed by atoms with E-state index in [0.717, 1.165) is 18.6 Å². The fourth-order valence-electron chi connectivity index (χ4n) is 1.19. The van der Waals surface area contributed by atoms with Crippen LogP contribution >= 0.6 is 23.4 Å². The van der Waals surface area contributed by atoms with Gasteiger partial charge < -0.3 is 0 Å². The van der Waals surface area contributed by atoms with Gasteiger partial charge in [-0.05, 0) is 25.0 Å². The molecule has 1 rings (SSSR count). The standard InChI is InChI=1S/C7H10ClNS/c8-4-3-7(6-9)2-1-5-10-7/h1-5H2. The SMILES string of the molecule is N#CC1(CCCl)CCCS1. The third kappa shape index (κ3) is 1.59. The van der Waals surface area contributed by atoms with Crippen LogP contribution in [0.1, 0.15) is 19.3 Å². The molecular formula is C7H10ClNS. The fraction of sp³-hybridized carbons (Fsp3) is 0.857. The molecule has 1 fully saturated rings. The summed E-state index contributed by atoms with van der Waals surface area (Å²) in [7, 11) is 0. The van der Waals surface area contributed by atoms with E-state index in [1.165, 1.54) is 6.42 Å². The average molecular weight is 176 g/mol. The van der Waals surface area contributed by atoms with E-state index in [9.17, 15) is 0 Å². The Kier molecular flexibility index (Phi) is 2.88. The van der Waals surface area contributed by atoms with Gasteiger partial charge >= 0.3 is 0 Å². The summed E-state index contributed by atoms with van der Waals surface area (Å²) in [6, 6.07) is 2.36. The predicted octanol–water partition coefficient (Wildman–Crippen LogP) is 2.40. The van der Waals surface area contributed by atoms with Gasteiger partial charge in [-0.3, -0.25) is 0 Å². The second-order valence-corrected chi connectivity index (χ2v) is 4.35. The Morgan fingerprint density at radius 2 is 2.50 bits per heavy atom. The minimum absolute atomic E-state index is 0.123. The van der Waals surface area contributed by atoms with Crippen molar-refractivity contribution in [3.05, 3.63) is 0 Å². The lowest BCUT2D eigenvalue weighted by Gasteiger charge is -2.16. The van der Waals surface area contributed by atoms with Crippen LogP contribution in [0.3, 0.4) is 0 Å². The number of hydrogen-bond donors (Lipinski definition) is 0. The Labute approximate surface area is 70.7 Å².